The molecule has 5 aromatic rings. The Hall–Kier alpha value is -4.78. The molecule has 0 aliphatic carbocycles. The van der Waals surface area contributed by atoms with Gasteiger partial charge in [-0.05, 0) is 35.2 Å². The van der Waals surface area contributed by atoms with Gasteiger partial charge in [-0.1, -0.05) is 57.2 Å². The summed E-state index contributed by atoms with van der Waals surface area (Å²) >= 11 is 0. The van der Waals surface area contributed by atoms with Crippen LogP contribution in [0.4, 0.5) is 14.6 Å². The smallest absolute Gasteiger partial charge is 0.281 e. The van der Waals surface area contributed by atoms with Gasteiger partial charge in [0, 0.05) is 36.1 Å². The van der Waals surface area contributed by atoms with Gasteiger partial charge in [-0.3, -0.25) is 14.8 Å². The van der Waals surface area contributed by atoms with E-state index in [1.165, 1.54) is 0 Å². The Balaban J connectivity index is 1.61. The number of rotatable bonds is 9. The van der Waals surface area contributed by atoms with Gasteiger partial charge in [0.25, 0.3) is 16.4 Å². The third kappa shape index (κ3) is 6.83. The van der Waals surface area contributed by atoms with E-state index in [1.54, 1.807) is 43.7 Å². The highest BCUT2D eigenvalue weighted by molar-refractivity contribution is 7.90. The molecule has 5 rings (SSSR count). The summed E-state index contributed by atoms with van der Waals surface area (Å²) in [5.74, 6) is -0.394. The summed E-state index contributed by atoms with van der Waals surface area (Å²) in [6, 6.07) is 18.0. The molecule has 4 heterocycles. The van der Waals surface area contributed by atoms with Crippen molar-refractivity contribution in [2.75, 3.05) is 5.32 Å². The molecule has 0 atom stereocenters. The lowest BCUT2D eigenvalue weighted by Crippen LogP contribution is -2.33. The van der Waals surface area contributed by atoms with Crippen molar-refractivity contribution in [3.63, 3.8) is 0 Å². The van der Waals surface area contributed by atoms with E-state index in [1.807, 2.05) is 53.3 Å². The second kappa shape index (κ2) is 11.8. The van der Waals surface area contributed by atoms with Gasteiger partial charge in [0.2, 0.25) is 5.91 Å². The van der Waals surface area contributed by atoms with E-state index in [0.717, 1.165) is 29.1 Å². The molecule has 0 radical (unpaired) electrons. The van der Waals surface area contributed by atoms with Gasteiger partial charge in [-0.25, -0.2) is 31.4 Å². The highest BCUT2D eigenvalue weighted by atomic mass is 32.2. The SMILES string of the molecule is CC(C)(C)CC(=O)NS(=O)(=O)c1cc(-c2nc(NCc3ccccn3)c3c(-c4ccccc4)ccn3n2)cnc1C(F)F. The van der Waals surface area contributed by atoms with Gasteiger partial charge < -0.3 is 5.32 Å². The van der Waals surface area contributed by atoms with Crippen molar-refractivity contribution in [3.05, 3.63) is 90.6 Å². The Morgan fingerprint density at radius 3 is 2.42 bits per heavy atom. The number of benzene rings is 1. The van der Waals surface area contributed by atoms with Crippen molar-refractivity contribution >= 4 is 27.3 Å². The fraction of sp³-hybridized carbons (Fsp3) is 0.233. The Kier molecular flexibility index (Phi) is 8.18. The van der Waals surface area contributed by atoms with E-state index in [0.29, 0.717) is 17.9 Å². The zero-order valence-electron chi connectivity index (χ0n) is 23.6. The minimum Gasteiger partial charge on any atom is -0.363 e. The molecule has 0 fully saturated rings. The summed E-state index contributed by atoms with van der Waals surface area (Å²) in [6.45, 7) is 5.57. The van der Waals surface area contributed by atoms with E-state index in [2.05, 4.69) is 25.4 Å². The molecule has 1 aromatic carbocycles. The Morgan fingerprint density at radius 2 is 1.74 bits per heavy atom. The minimum absolute atomic E-state index is 0.0250. The molecule has 10 nitrogen and oxygen atoms in total. The quantitative estimate of drug-likeness (QED) is 0.221. The van der Waals surface area contributed by atoms with E-state index >= 15 is 0 Å². The predicted molar refractivity (Wildman–Crippen MR) is 158 cm³/mol. The van der Waals surface area contributed by atoms with Crippen LogP contribution in [0.5, 0.6) is 0 Å². The number of alkyl halides is 2. The number of nitrogens with zero attached hydrogens (tertiary/aromatic N) is 5. The molecule has 4 aromatic heterocycles. The molecule has 0 bridgehead atoms. The molecule has 0 saturated carbocycles. The summed E-state index contributed by atoms with van der Waals surface area (Å²) in [5, 5.41) is 7.84. The number of hydrogen-bond donors (Lipinski definition) is 2. The molecule has 0 spiro atoms. The van der Waals surface area contributed by atoms with Gasteiger partial charge in [-0.15, -0.1) is 5.10 Å². The van der Waals surface area contributed by atoms with E-state index in [-0.39, 0.29) is 17.8 Å². The lowest BCUT2D eigenvalue weighted by molar-refractivity contribution is -0.121. The van der Waals surface area contributed by atoms with Gasteiger partial charge in [-0.2, -0.15) is 0 Å². The number of aromatic nitrogens is 5. The van der Waals surface area contributed by atoms with Crippen LogP contribution in [0.3, 0.4) is 0 Å². The average molecular weight is 606 g/mol. The van der Waals surface area contributed by atoms with Crippen LogP contribution < -0.4 is 10.0 Å². The second-order valence-electron chi connectivity index (χ2n) is 11.0. The average Bonchev–Trinajstić information content (AvgIpc) is 3.39. The largest absolute Gasteiger partial charge is 0.363 e. The van der Waals surface area contributed by atoms with E-state index in [9.17, 15) is 22.0 Å². The van der Waals surface area contributed by atoms with Crippen LogP contribution in [0.15, 0.2) is 84.1 Å². The van der Waals surface area contributed by atoms with Crippen LogP contribution >= 0.6 is 0 Å². The van der Waals surface area contributed by atoms with Crippen molar-refractivity contribution in [2.45, 2.75) is 45.1 Å². The molecule has 43 heavy (non-hydrogen) atoms. The van der Waals surface area contributed by atoms with Gasteiger partial charge in [0.1, 0.15) is 16.1 Å². The predicted octanol–water partition coefficient (Wildman–Crippen LogP) is 5.64. The standard InChI is InChI=1S/C30H29F2N7O3S/c1-30(2,3)16-24(40)38-43(41,42)23-15-20(17-34-25(23)27(31)32)28-36-29(35-18-21-11-7-8-13-33-21)26-22(12-14-39(26)37-28)19-9-5-4-6-10-19/h4-15,17,27H,16,18H2,1-3H3,(H,38,40)(H,35,36,37). The molecule has 0 saturated heterocycles. The zero-order valence-corrected chi connectivity index (χ0v) is 24.4. The number of hydrogen-bond acceptors (Lipinski definition) is 8. The van der Waals surface area contributed by atoms with Crippen LogP contribution in [0.1, 0.15) is 45.0 Å². The van der Waals surface area contributed by atoms with Crippen molar-refractivity contribution in [3.8, 4) is 22.5 Å². The summed E-state index contributed by atoms with van der Waals surface area (Å²) in [6.07, 6.45) is 1.13. The van der Waals surface area contributed by atoms with Crippen molar-refractivity contribution < 1.29 is 22.0 Å². The first-order valence-electron chi connectivity index (χ1n) is 13.3. The molecule has 0 aliphatic rings. The van der Waals surface area contributed by atoms with E-state index < -0.39 is 38.4 Å². The Labute approximate surface area is 247 Å². The van der Waals surface area contributed by atoms with Crippen LogP contribution in [-0.2, 0) is 21.4 Å². The maximum Gasteiger partial charge on any atom is 0.281 e. The van der Waals surface area contributed by atoms with Crippen LogP contribution in [-0.4, -0.2) is 38.9 Å². The van der Waals surface area contributed by atoms with Gasteiger partial charge >= 0.3 is 0 Å². The molecule has 0 unspecified atom stereocenters. The first-order chi connectivity index (χ1) is 20.4. The number of sulfonamides is 1. The highest BCUT2D eigenvalue weighted by Crippen LogP contribution is 2.33. The van der Waals surface area contributed by atoms with Crippen LogP contribution in [0, 0.1) is 5.41 Å². The number of amides is 1. The number of halogens is 2. The van der Waals surface area contributed by atoms with Gasteiger partial charge in [0.05, 0.1) is 12.2 Å². The summed E-state index contributed by atoms with van der Waals surface area (Å²) in [5.41, 5.74) is 1.70. The van der Waals surface area contributed by atoms with Crippen molar-refractivity contribution in [1.29, 1.82) is 0 Å². The molecule has 13 heteroatoms. The molecule has 1 amide bonds. The number of anilines is 1. The maximum atomic E-state index is 13.9. The van der Waals surface area contributed by atoms with Crippen LogP contribution in [0.2, 0.25) is 0 Å². The third-order valence-corrected chi connectivity index (χ3v) is 7.74. The Bertz CT molecular complexity index is 1880. The number of nitrogens with one attached hydrogen (secondary N) is 2. The lowest BCUT2D eigenvalue weighted by Gasteiger charge is -2.18. The number of carbonyl (C=O) groups excluding carboxylic acids is 1. The number of carbonyl (C=O) groups is 1. The van der Waals surface area contributed by atoms with E-state index in [4.69, 9.17) is 0 Å². The number of fused-ring (bicyclic) bond motifs is 1. The maximum absolute atomic E-state index is 13.9. The van der Waals surface area contributed by atoms with Gasteiger partial charge in [0.15, 0.2) is 11.6 Å². The fourth-order valence-electron chi connectivity index (χ4n) is 4.48. The normalized spacial score (nSPS) is 12.0. The highest BCUT2D eigenvalue weighted by Gasteiger charge is 2.29. The topological polar surface area (TPSA) is 131 Å². The van der Waals surface area contributed by atoms with Crippen LogP contribution in [0.25, 0.3) is 28.0 Å². The summed E-state index contributed by atoms with van der Waals surface area (Å²) in [4.78, 5) is 24.4. The first kappa shape index (κ1) is 29.7. The molecule has 222 valence electrons. The zero-order chi connectivity index (χ0) is 30.8. The Morgan fingerprint density at radius 1 is 1.00 bits per heavy atom. The first-order valence-corrected chi connectivity index (χ1v) is 14.8. The monoisotopic (exact) mass is 605 g/mol. The summed E-state index contributed by atoms with van der Waals surface area (Å²) < 4.78 is 57.6. The second-order valence-corrected chi connectivity index (χ2v) is 12.7. The van der Waals surface area contributed by atoms with Crippen molar-refractivity contribution in [2.24, 2.45) is 5.41 Å². The van der Waals surface area contributed by atoms with Crippen molar-refractivity contribution in [1.82, 2.24) is 29.3 Å². The molecule has 0 aliphatic heterocycles. The molecule has 2 N–H and O–H groups in total. The minimum atomic E-state index is -4.70. The lowest BCUT2D eigenvalue weighted by atomic mass is 9.92. The molecular formula is C30H29F2N7O3S. The fourth-order valence-corrected chi connectivity index (χ4v) is 5.66. The summed E-state index contributed by atoms with van der Waals surface area (Å²) in [7, 11) is -4.70. The third-order valence-electron chi connectivity index (χ3n) is 6.33. The molecular weight excluding hydrogens is 576 g/mol. The number of pyridine rings is 2.